The van der Waals surface area contributed by atoms with Crippen LogP contribution in [0, 0.1) is 0 Å². The third-order valence-electron chi connectivity index (χ3n) is 2.86. The number of hydrogen-bond acceptors (Lipinski definition) is 4. The van der Waals surface area contributed by atoms with Gasteiger partial charge in [0.05, 0.1) is 11.9 Å². The molecule has 13 heavy (non-hydrogen) atoms. The van der Waals surface area contributed by atoms with Crippen molar-refractivity contribution in [3.63, 3.8) is 0 Å². The van der Waals surface area contributed by atoms with E-state index >= 15 is 0 Å². The standard InChI is InChI=1S/C8H15BO3S/c1-10-3-8-4-13-5(6(8)11-2)7(9)12-8/h5-7H,3-4,9H2,1-2H3/t5?,6-,7+,8+/m0/s1. The van der Waals surface area contributed by atoms with Gasteiger partial charge in [0.1, 0.15) is 19.6 Å². The fraction of sp³-hybridized carbons (Fsp3) is 1.00. The van der Waals surface area contributed by atoms with Crippen molar-refractivity contribution in [3.8, 4) is 0 Å². The van der Waals surface area contributed by atoms with Gasteiger partial charge in [-0.3, -0.25) is 0 Å². The van der Waals surface area contributed by atoms with Gasteiger partial charge in [-0.15, -0.1) is 0 Å². The summed E-state index contributed by atoms with van der Waals surface area (Å²) in [5.41, 5.74) is -0.182. The molecule has 0 N–H and O–H groups in total. The van der Waals surface area contributed by atoms with E-state index in [0.717, 1.165) is 5.75 Å². The van der Waals surface area contributed by atoms with Crippen molar-refractivity contribution in [2.75, 3.05) is 26.6 Å². The maximum Gasteiger partial charge on any atom is 0.140 e. The van der Waals surface area contributed by atoms with Crippen LogP contribution in [-0.4, -0.2) is 57.4 Å². The van der Waals surface area contributed by atoms with Gasteiger partial charge in [0, 0.05) is 26.0 Å². The smallest absolute Gasteiger partial charge is 0.140 e. The van der Waals surface area contributed by atoms with Gasteiger partial charge in [0.15, 0.2) is 0 Å². The third-order valence-corrected chi connectivity index (χ3v) is 4.53. The second-order valence-corrected chi connectivity index (χ2v) is 4.92. The van der Waals surface area contributed by atoms with Crippen molar-refractivity contribution in [2.24, 2.45) is 0 Å². The van der Waals surface area contributed by atoms with Crippen LogP contribution < -0.4 is 0 Å². The monoisotopic (exact) mass is 202 g/mol. The largest absolute Gasteiger partial charge is 0.382 e. The number of thioether (sulfide) groups is 1. The quantitative estimate of drug-likeness (QED) is 0.576. The van der Waals surface area contributed by atoms with Gasteiger partial charge >= 0.3 is 0 Å². The van der Waals surface area contributed by atoms with Crippen LogP contribution in [0.1, 0.15) is 0 Å². The van der Waals surface area contributed by atoms with E-state index in [1.54, 1.807) is 14.2 Å². The van der Waals surface area contributed by atoms with Crippen molar-refractivity contribution in [1.82, 2.24) is 0 Å². The summed E-state index contributed by atoms with van der Waals surface area (Å²) < 4.78 is 16.6. The molecule has 2 heterocycles. The molecule has 5 heteroatoms. The zero-order valence-corrected chi connectivity index (χ0v) is 9.10. The van der Waals surface area contributed by atoms with Crippen LogP contribution in [0.5, 0.6) is 0 Å². The SMILES string of the molecule is B[C@@H]1O[C@]2(COC)CSC1[C@@H]2OC. The first kappa shape index (κ1) is 9.83. The molecule has 0 aliphatic carbocycles. The number of methoxy groups -OCH3 is 2. The number of hydrogen-bond donors (Lipinski definition) is 0. The maximum absolute atomic E-state index is 5.92. The molecule has 2 saturated heterocycles. The highest BCUT2D eigenvalue weighted by Crippen LogP contribution is 2.48. The Kier molecular flexibility index (Phi) is 2.62. The van der Waals surface area contributed by atoms with Crippen LogP contribution in [0.25, 0.3) is 0 Å². The van der Waals surface area contributed by atoms with E-state index in [4.69, 9.17) is 14.2 Å². The van der Waals surface area contributed by atoms with Crippen LogP contribution in [0.3, 0.4) is 0 Å². The van der Waals surface area contributed by atoms with Crippen molar-refractivity contribution in [2.45, 2.75) is 23.0 Å². The second-order valence-electron chi connectivity index (χ2n) is 3.75. The van der Waals surface area contributed by atoms with E-state index in [2.05, 4.69) is 7.85 Å². The highest BCUT2D eigenvalue weighted by atomic mass is 32.2. The first-order chi connectivity index (χ1) is 6.23. The summed E-state index contributed by atoms with van der Waals surface area (Å²) in [5.74, 6) is 0.994. The average Bonchev–Trinajstić information content (AvgIpc) is 2.55. The predicted molar refractivity (Wildman–Crippen MR) is 55.1 cm³/mol. The Morgan fingerprint density at radius 3 is 2.92 bits per heavy atom. The molecule has 4 atom stereocenters. The minimum absolute atomic E-state index is 0.182. The Bertz CT molecular complexity index is 204. The van der Waals surface area contributed by atoms with Crippen LogP contribution in [0.2, 0.25) is 0 Å². The average molecular weight is 202 g/mol. The second kappa shape index (κ2) is 3.46. The summed E-state index contributed by atoms with van der Waals surface area (Å²) in [6.07, 6.45) is 0.201. The first-order valence-corrected chi connectivity index (χ1v) is 5.59. The zero-order chi connectivity index (χ0) is 9.47. The Morgan fingerprint density at radius 1 is 1.62 bits per heavy atom. The Balaban J connectivity index is 2.17. The molecule has 0 amide bonds. The van der Waals surface area contributed by atoms with E-state index in [1.165, 1.54) is 0 Å². The molecular weight excluding hydrogens is 187 g/mol. The minimum Gasteiger partial charge on any atom is -0.382 e. The highest BCUT2D eigenvalue weighted by molar-refractivity contribution is 8.00. The maximum atomic E-state index is 5.92. The molecule has 2 aliphatic heterocycles. The van der Waals surface area contributed by atoms with E-state index in [0.29, 0.717) is 17.9 Å². The molecule has 3 nitrogen and oxygen atoms in total. The molecule has 0 aromatic carbocycles. The molecule has 0 spiro atoms. The van der Waals surface area contributed by atoms with E-state index < -0.39 is 0 Å². The summed E-state index contributed by atoms with van der Waals surface area (Å²) in [6, 6.07) is 0.291. The molecule has 74 valence electrons. The Labute approximate surface area is 83.9 Å². The molecule has 2 aliphatic rings. The fourth-order valence-corrected chi connectivity index (χ4v) is 4.03. The van der Waals surface area contributed by atoms with Gasteiger partial charge in [-0.2, -0.15) is 11.8 Å². The molecule has 2 bridgehead atoms. The van der Waals surface area contributed by atoms with Crippen LogP contribution >= 0.6 is 11.8 Å². The highest BCUT2D eigenvalue weighted by Gasteiger charge is 2.59. The minimum atomic E-state index is -0.182. The summed E-state index contributed by atoms with van der Waals surface area (Å²) in [5, 5.41) is 0.486. The molecule has 2 rings (SSSR count). The Morgan fingerprint density at radius 2 is 2.38 bits per heavy atom. The molecular formula is C8H15BO3S. The van der Waals surface area contributed by atoms with Gasteiger partial charge in [0.25, 0.3) is 0 Å². The van der Waals surface area contributed by atoms with Gasteiger partial charge < -0.3 is 14.2 Å². The lowest BCUT2D eigenvalue weighted by atomic mass is 9.93. The van der Waals surface area contributed by atoms with Crippen LogP contribution in [0.4, 0.5) is 0 Å². The lowest BCUT2D eigenvalue weighted by molar-refractivity contribution is -0.0981. The number of rotatable bonds is 3. The number of ether oxygens (including phenoxy) is 3. The topological polar surface area (TPSA) is 27.7 Å². The molecule has 0 aromatic rings. The molecule has 2 fully saturated rings. The fourth-order valence-electron chi connectivity index (χ4n) is 2.38. The molecule has 0 radical (unpaired) electrons. The van der Waals surface area contributed by atoms with Crippen molar-refractivity contribution < 1.29 is 14.2 Å². The van der Waals surface area contributed by atoms with E-state index in [9.17, 15) is 0 Å². The molecule has 0 aromatic heterocycles. The van der Waals surface area contributed by atoms with E-state index in [1.807, 2.05) is 11.8 Å². The molecule has 0 saturated carbocycles. The zero-order valence-electron chi connectivity index (χ0n) is 8.28. The lowest BCUT2D eigenvalue weighted by Gasteiger charge is -2.29. The van der Waals surface area contributed by atoms with Crippen LogP contribution in [0.15, 0.2) is 0 Å². The first-order valence-electron chi connectivity index (χ1n) is 4.54. The van der Waals surface area contributed by atoms with E-state index in [-0.39, 0.29) is 11.7 Å². The predicted octanol–water partition coefficient (Wildman–Crippen LogP) is -0.509. The van der Waals surface area contributed by atoms with Crippen LogP contribution in [-0.2, 0) is 14.2 Å². The summed E-state index contributed by atoms with van der Waals surface area (Å²) >= 11 is 1.94. The summed E-state index contributed by atoms with van der Waals surface area (Å²) in [4.78, 5) is 0. The Hall–Kier alpha value is 0.295. The number of fused-ring (bicyclic) bond motifs is 2. The summed E-state index contributed by atoms with van der Waals surface area (Å²) in [6.45, 7) is 0.638. The van der Waals surface area contributed by atoms with Gasteiger partial charge in [0.2, 0.25) is 0 Å². The van der Waals surface area contributed by atoms with Gasteiger partial charge in [-0.1, -0.05) is 0 Å². The summed E-state index contributed by atoms with van der Waals surface area (Å²) in [7, 11) is 5.58. The van der Waals surface area contributed by atoms with Crippen molar-refractivity contribution in [3.05, 3.63) is 0 Å². The third kappa shape index (κ3) is 1.33. The lowest BCUT2D eigenvalue weighted by Crippen LogP contribution is -2.45. The normalized spacial score (nSPS) is 48.6. The van der Waals surface area contributed by atoms with Gasteiger partial charge in [-0.25, -0.2) is 0 Å². The van der Waals surface area contributed by atoms with Crippen molar-refractivity contribution >= 4 is 19.6 Å². The van der Waals surface area contributed by atoms with Crippen molar-refractivity contribution in [1.29, 1.82) is 0 Å². The van der Waals surface area contributed by atoms with Gasteiger partial charge in [-0.05, 0) is 0 Å². The molecule has 1 unspecified atom stereocenters.